The number of aliphatic carboxylic acids is 1. The van der Waals surface area contributed by atoms with Gasteiger partial charge < -0.3 is 20.7 Å². The Morgan fingerprint density at radius 1 is 1.37 bits per heavy atom. The van der Waals surface area contributed by atoms with E-state index in [2.05, 4.69) is 0 Å². The molecule has 0 saturated heterocycles. The van der Waals surface area contributed by atoms with E-state index in [4.69, 9.17) is 15.6 Å². The molecule has 19 heavy (non-hydrogen) atoms. The van der Waals surface area contributed by atoms with Crippen molar-refractivity contribution < 1.29 is 19.7 Å². The van der Waals surface area contributed by atoms with Crippen LogP contribution in [0.4, 0.5) is 0 Å². The van der Waals surface area contributed by atoms with Gasteiger partial charge in [-0.2, -0.15) is 0 Å². The average Bonchev–Trinajstić information content (AvgIpc) is 2.25. The molecule has 0 aromatic heterocycles. The van der Waals surface area contributed by atoms with Crippen molar-refractivity contribution in [2.45, 2.75) is 26.3 Å². The summed E-state index contributed by atoms with van der Waals surface area (Å²) in [5.41, 5.74) is 6.01. The predicted octanol–water partition coefficient (Wildman–Crippen LogP) is 2.24. The Hall–Kier alpha value is -2.01. The van der Waals surface area contributed by atoms with Crippen LogP contribution in [0.25, 0.3) is 6.08 Å². The van der Waals surface area contributed by atoms with Gasteiger partial charge in [-0.15, -0.1) is 0 Å². The van der Waals surface area contributed by atoms with Crippen LogP contribution in [0.15, 0.2) is 24.3 Å². The minimum Gasteiger partial charge on any atom is -0.504 e. The summed E-state index contributed by atoms with van der Waals surface area (Å²) in [4.78, 5) is 10.2. The Bertz CT molecular complexity index is 441. The van der Waals surface area contributed by atoms with Crippen LogP contribution in [-0.2, 0) is 4.79 Å². The molecule has 5 nitrogen and oxygen atoms in total. The lowest BCUT2D eigenvalue weighted by Gasteiger charge is -2.06. The lowest BCUT2D eigenvalue weighted by molar-refractivity contribution is -0.131. The summed E-state index contributed by atoms with van der Waals surface area (Å²) in [6.07, 6.45) is 2.44. The molecule has 0 aliphatic rings. The van der Waals surface area contributed by atoms with E-state index in [-0.39, 0.29) is 11.3 Å². The Balaban J connectivity index is 0.000000555. The van der Waals surface area contributed by atoms with Crippen LogP contribution in [0.2, 0.25) is 0 Å². The Morgan fingerprint density at radius 2 is 1.89 bits per heavy atom. The quantitative estimate of drug-likeness (QED) is 0.730. The molecule has 0 radical (unpaired) electrons. The molecule has 0 aliphatic heterocycles. The third-order valence-corrected chi connectivity index (χ3v) is 1.62. The van der Waals surface area contributed by atoms with Crippen molar-refractivity contribution in [3.8, 4) is 11.5 Å². The van der Waals surface area contributed by atoms with E-state index in [1.807, 2.05) is 20.8 Å². The minimum absolute atomic E-state index is 0. The van der Waals surface area contributed by atoms with Gasteiger partial charge in [0.25, 0.3) is 0 Å². The SMILES string of the molecule is CC(C)(C)N.COc1cc(C=CC(=O)O)ccc1O. The second-order valence-corrected chi connectivity index (χ2v) is 4.97. The maximum atomic E-state index is 10.2. The highest BCUT2D eigenvalue weighted by Gasteiger charge is 2.00. The van der Waals surface area contributed by atoms with E-state index in [9.17, 15) is 9.90 Å². The fourth-order valence-electron chi connectivity index (χ4n) is 0.965. The second-order valence-electron chi connectivity index (χ2n) is 4.97. The summed E-state index contributed by atoms with van der Waals surface area (Å²) in [6.45, 7) is 5.90. The monoisotopic (exact) mass is 267 g/mol. The van der Waals surface area contributed by atoms with Crippen molar-refractivity contribution >= 4 is 12.0 Å². The molecule has 1 rings (SSSR count). The van der Waals surface area contributed by atoms with Crippen LogP contribution in [0.5, 0.6) is 11.5 Å². The Kier molecular flexibility index (Phi) is 6.64. The first kappa shape index (κ1) is 17.0. The van der Waals surface area contributed by atoms with Crippen LogP contribution in [0, 0.1) is 0 Å². The standard InChI is InChI=1S/C10H10O4.C4H11N/c1-14-9-6-7(2-4-8(9)11)3-5-10(12)13;1-4(2,3)5/h2-6,11H,1H3,(H,12,13);5H2,1-3H3. The highest BCUT2D eigenvalue weighted by atomic mass is 16.5. The molecule has 0 amide bonds. The average molecular weight is 267 g/mol. The molecule has 1 aromatic rings. The van der Waals surface area contributed by atoms with Crippen molar-refractivity contribution in [3.05, 3.63) is 29.8 Å². The van der Waals surface area contributed by atoms with Gasteiger partial charge >= 0.3 is 5.97 Å². The third-order valence-electron chi connectivity index (χ3n) is 1.62. The van der Waals surface area contributed by atoms with Crippen molar-refractivity contribution in [1.29, 1.82) is 0 Å². The van der Waals surface area contributed by atoms with E-state index in [0.29, 0.717) is 11.3 Å². The maximum Gasteiger partial charge on any atom is 0.328 e. The number of hydrogen-bond acceptors (Lipinski definition) is 4. The van der Waals surface area contributed by atoms with Gasteiger partial charge in [0.2, 0.25) is 0 Å². The van der Waals surface area contributed by atoms with Crippen molar-refractivity contribution in [1.82, 2.24) is 0 Å². The zero-order valence-electron chi connectivity index (χ0n) is 11.7. The molecule has 106 valence electrons. The van der Waals surface area contributed by atoms with Gasteiger partial charge in [0.15, 0.2) is 11.5 Å². The molecule has 0 spiro atoms. The van der Waals surface area contributed by atoms with Crippen LogP contribution >= 0.6 is 0 Å². The normalized spacial score (nSPS) is 10.8. The number of carboxylic acids is 1. The number of methoxy groups -OCH3 is 1. The zero-order valence-corrected chi connectivity index (χ0v) is 11.7. The van der Waals surface area contributed by atoms with Crippen LogP contribution in [-0.4, -0.2) is 28.8 Å². The first-order valence-electron chi connectivity index (χ1n) is 5.70. The smallest absolute Gasteiger partial charge is 0.328 e. The molecule has 5 heteroatoms. The Labute approximate surface area is 113 Å². The largest absolute Gasteiger partial charge is 0.504 e. The van der Waals surface area contributed by atoms with Gasteiger partial charge in [0, 0.05) is 11.6 Å². The van der Waals surface area contributed by atoms with E-state index in [1.165, 1.54) is 19.3 Å². The molecule has 0 heterocycles. The summed E-state index contributed by atoms with van der Waals surface area (Å²) >= 11 is 0. The van der Waals surface area contributed by atoms with Crippen molar-refractivity contribution in [3.63, 3.8) is 0 Å². The number of hydrogen-bond donors (Lipinski definition) is 3. The van der Waals surface area contributed by atoms with Crippen molar-refractivity contribution in [2.75, 3.05) is 7.11 Å². The lowest BCUT2D eigenvalue weighted by atomic mass is 10.1. The molecule has 0 saturated carbocycles. The summed E-state index contributed by atoms with van der Waals surface area (Å²) in [7, 11) is 1.43. The van der Waals surface area contributed by atoms with E-state index >= 15 is 0 Å². The van der Waals surface area contributed by atoms with Crippen molar-refractivity contribution in [2.24, 2.45) is 5.73 Å². The number of phenols is 1. The number of phenolic OH excluding ortho intramolecular Hbond substituents is 1. The maximum absolute atomic E-state index is 10.2. The first-order chi connectivity index (χ1) is 8.63. The summed E-state index contributed by atoms with van der Waals surface area (Å²) < 4.78 is 4.86. The molecule has 1 aromatic carbocycles. The molecule has 0 fully saturated rings. The number of benzene rings is 1. The van der Waals surface area contributed by atoms with Crippen LogP contribution < -0.4 is 10.5 Å². The van der Waals surface area contributed by atoms with Crippen LogP contribution in [0.1, 0.15) is 26.3 Å². The van der Waals surface area contributed by atoms with Gasteiger partial charge in [-0.3, -0.25) is 0 Å². The number of rotatable bonds is 3. The third kappa shape index (κ3) is 9.67. The first-order valence-corrected chi connectivity index (χ1v) is 5.70. The fraction of sp³-hybridized carbons (Fsp3) is 0.357. The van der Waals surface area contributed by atoms with E-state index in [1.54, 1.807) is 12.1 Å². The molecule has 0 atom stereocenters. The molecule has 0 bridgehead atoms. The minimum atomic E-state index is -1.02. The molecule has 0 aliphatic carbocycles. The molecular formula is C14H21NO4. The van der Waals surface area contributed by atoms with E-state index < -0.39 is 5.97 Å². The van der Waals surface area contributed by atoms with Gasteiger partial charge in [-0.1, -0.05) is 6.07 Å². The summed E-state index contributed by atoms with van der Waals surface area (Å²) in [6, 6.07) is 4.59. The zero-order chi connectivity index (χ0) is 15.1. The summed E-state index contributed by atoms with van der Waals surface area (Å²) in [5, 5.41) is 17.6. The summed E-state index contributed by atoms with van der Waals surface area (Å²) in [5.74, 6) is -0.672. The number of aromatic hydroxyl groups is 1. The fourth-order valence-corrected chi connectivity index (χ4v) is 0.965. The topological polar surface area (TPSA) is 92.8 Å². The highest BCUT2D eigenvalue weighted by Crippen LogP contribution is 2.26. The number of carboxylic acid groups (broad SMARTS) is 1. The van der Waals surface area contributed by atoms with E-state index in [0.717, 1.165) is 6.08 Å². The van der Waals surface area contributed by atoms with Gasteiger partial charge in [-0.05, 0) is 44.5 Å². The highest BCUT2D eigenvalue weighted by molar-refractivity contribution is 5.85. The lowest BCUT2D eigenvalue weighted by Crippen LogP contribution is -2.26. The van der Waals surface area contributed by atoms with Gasteiger partial charge in [0.1, 0.15) is 0 Å². The number of ether oxygens (including phenoxy) is 1. The Morgan fingerprint density at radius 3 is 2.32 bits per heavy atom. The van der Waals surface area contributed by atoms with Gasteiger partial charge in [0.05, 0.1) is 7.11 Å². The molecule has 0 unspecified atom stereocenters. The number of nitrogens with two attached hydrogens (primary N) is 1. The molecule has 4 N–H and O–H groups in total. The second kappa shape index (κ2) is 7.43. The molecular weight excluding hydrogens is 246 g/mol. The van der Waals surface area contributed by atoms with Crippen LogP contribution in [0.3, 0.4) is 0 Å². The number of carbonyl (C=O) groups is 1. The van der Waals surface area contributed by atoms with Gasteiger partial charge in [-0.25, -0.2) is 4.79 Å². The predicted molar refractivity (Wildman–Crippen MR) is 75.3 cm³/mol.